The zero-order valence-electron chi connectivity index (χ0n) is 11.0. The Morgan fingerprint density at radius 2 is 1.89 bits per heavy atom. The Labute approximate surface area is 113 Å². The molecular weight excluding hydrogens is 267 g/mol. The molecule has 19 heavy (non-hydrogen) atoms. The molecule has 0 aliphatic heterocycles. The lowest BCUT2D eigenvalue weighted by Gasteiger charge is -2.30. The quantitative estimate of drug-likeness (QED) is 0.868. The van der Waals surface area contributed by atoms with Gasteiger partial charge in [-0.1, -0.05) is 19.3 Å². The van der Waals surface area contributed by atoms with Gasteiger partial charge in [0.05, 0.1) is 10.6 Å². The maximum Gasteiger partial charge on any atom is 0.243 e. The lowest BCUT2D eigenvalue weighted by Crippen LogP contribution is -2.38. The van der Waals surface area contributed by atoms with Gasteiger partial charge >= 0.3 is 0 Å². The Morgan fingerprint density at radius 1 is 1.26 bits per heavy atom. The Bertz CT molecular complexity index is 554. The van der Waals surface area contributed by atoms with Gasteiger partial charge in [-0.25, -0.2) is 12.8 Å². The van der Waals surface area contributed by atoms with Gasteiger partial charge in [-0.15, -0.1) is 0 Å². The fraction of sp³-hybridized carbons (Fsp3) is 0.538. The van der Waals surface area contributed by atoms with Crippen LogP contribution in [0.4, 0.5) is 10.1 Å². The highest BCUT2D eigenvalue weighted by Crippen LogP contribution is 2.27. The summed E-state index contributed by atoms with van der Waals surface area (Å²) >= 11 is 0. The highest BCUT2D eigenvalue weighted by Gasteiger charge is 2.29. The van der Waals surface area contributed by atoms with Gasteiger partial charge in [-0.3, -0.25) is 0 Å². The van der Waals surface area contributed by atoms with Crippen LogP contribution in [0.1, 0.15) is 32.1 Å². The molecule has 0 bridgehead atoms. The number of hydrogen-bond acceptors (Lipinski definition) is 3. The fourth-order valence-corrected chi connectivity index (χ4v) is 3.94. The molecule has 1 fully saturated rings. The van der Waals surface area contributed by atoms with Crippen molar-refractivity contribution in [3.8, 4) is 0 Å². The number of hydrogen-bond donors (Lipinski definition) is 1. The van der Waals surface area contributed by atoms with Gasteiger partial charge in [0, 0.05) is 13.1 Å². The molecule has 6 heteroatoms. The molecule has 2 rings (SSSR count). The molecule has 1 saturated carbocycles. The Kier molecular flexibility index (Phi) is 4.10. The summed E-state index contributed by atoms with van der Waals surface area (Å²) in [6.45, 7) is 0. The standard InChI is InChI=1S/C13H19FN2O2S/c1-16(10-5-3-2-4-6-10)19(17,18)11-7-8-12(14)13(15)9-11/h7-10H,2-6,15H2,1H3. The van der Waals surface area contributed by atoms with Gasteiger partial charge in [-0.2, -0.15) is 4.31 Å². The van der Waals surface area contributed by atoms with Gasteiger partial charge in [0.2, 0.25) is 10.0 Å². The number of benzene rings is 1. The Balaban J connectivity index is 2.27. The molecule has 0 aromatic heterocycles. The number of rotatable bonds is 3. The van der Waals surface area contributed by atoms with Crippen molar-refractivity contribution in [2.75, 3.05) is 12.8 Å². The zero-order chi connectivity index (χ0) is 14.0. The highest BCUT2D eigenvalue weighted by atomic mass is 32.2. The average molecular weight is 286 g/mol. The smallest absolute Gasteiger partial charge is 0.243 e. The second-order valence-electron chi connectivity index (χ2n) is 5.00. The van der Waals surface area contributed by atoms with Gasteiger partial charge in [0.15, 0.2) is 0 Å². The van der Waals surface area contributed by atoms with Crippen LogP contribution in [0.2, 0.25) is 0 Å². The molecule has 0 radical (unpaired) electrons. The van der Waals surface area contributed by atoms with E-state index in [2.05, 4.69) is 0 Å². The monoisotopic (exact) mass is 286 g/mol. The van der Waals surface area contributed by atoms with Crippen LogP contribution in [0.3, 0.4) is 0 Å². The molecule has 2 N–H and O–H groups in total. The van der Waals surface area contributed by atoms with E-state index in [4.69, 9.17) is 5.73 Å². The molecule has 1 aromatic rings. The van der Waals surface area contributed by atoms with E-state index in [0.29, 0.717) is 0 Å². The first-order chi connectivity index (χ1) is 8.93. The Morgan fingerprint density at radius 3 is 2.47 bits per heavy atom. The number of nitrogens with two attached hydrogens (primary N) is 1. The topological polar surface area (TPSA) is 63.4 Å². The summed E-state index contributed by atoms with van der Waals surface area (Å²) in [4.78, 5) is 0.0551. The second-order valence-corrected chi connectivity index (χ2v) is 6.99. The first-order valence-corrected chi connectivity index (χ1v) is 7.90. The molecule has 0 amide bonds. The molecule has 4 nitrogen and oxygen atoms in total. The fourth-order valence-electron chi connectivity index (χ4n) is 2.49. The maximum atomic E-state index is 13.1. The van der Waals surface area contributed by atoms with E-state index in [-0.39, 0.29) is 16.6 Å². The summed E-state index contributed by atoms with van der Waals surface area (Å²) in [5, 5.41) is 0. The number of halogens is 1. The molecule has 0 spiro atoms. The molecule has 1 aliphatic rings. The van der Waals surface area contributed by atoms with E-state index in [1.165, 1.54) is 16.4 Å². The summed E-state index contributed by atoms with van der Waals surface area (Å²) < 4.78 is 39.4. The van der Waals surface area contributed by atoms with Crippen LogP contribution in [0, 0.1) is 5.82 Å². The first-order valence-electron chi connectivity index (χ1n) is 6.46. The van der Waals surface area contributed by atoms with Crippen molar-refractivity contribution < 1.29 is 12.8 Å². The maximum absolute atomic E-state index is 13.1. The molecule has 0 heterocycles. The Hall–Kier alpha value is -1.14. The van der Waals surface area contributed by atoms with Crippen molar-refractivity contribution in [2.24, 2.45) is 0 Å². The van der Waals surface area contributed by atoms with Crippen molar-refractivity contribution in [1.29, 1.82) is 0 Å². The lowest BCUT2D eigenvalue weighted by atomic mass is 9.96. The minimum absolute atomic E-state index is 0.0324. The van der Waals surface area contributed by atoms with Gasteiger partial charge < -0.3 is 5.73 Å². The largest absolute Gasteiger partial charge is 0.396 e. The molecule has 0 atom stereocenters. The minimum Gasteiger partial charge on any atom is -0.396 e. The molecule has 1 aromatic carbocycles. The van der Waals surface area contributed by atoms with E-state index < -0.39 is 15.8 Å². The van der Waals surface area contributed by atoms with Crippen LogP contribution in [0.25, 0.3) is 0 Å². The number of anilines is 1. The van der Waals surface area contributed by atoms with Crippen LogP contribution in [-0.4, -0.2) is 25.8 Å². The number of sulfonamides is 1. The molecule has 0 saturated heterocycles. The van der Waals surface area contributed by atoms with Crippen LogP contribution < -0.4 is 5.73 Å². The zero-order valence-corrected chi connectivity index (χ0v) is 11.8. The van der Waals surface area contributed by atoms with Gasteiger partial charge in [-0.05, 0) is 31.0 Å². The number of nitrogen functional groups attached to an aromatic ring is 1. The van der Waals surface area contributed by atoms with Crippen molar-refractivity contribution in [2.45, 2.75) is 43.0 Å². The van der Waals surface area contributed by atoms with Crippen molar-refractivity contribution in [3.05, 3.63) is 24.0 Å². The highest BCUT2D eigenvalue weighted by molar-refractivity contribution is 7.89. The van der Waals surface area contributed by atoms with Crippen molar-refractivity contribution >= 4 is 15.7 Å². The summed E-state index contributed by atoms with van der Waals surface area (Å²) in [5.41, 5.74) is 5.30. The lowest BCUT2D eigenvalue weighted by molar-refractivity contribution is 0.286. The van der Waals surface area contributed by atoms with Gasteiger partial charge in [0.25, 0.3) is 0 Å². The van der Waals surface area contributed by atoms with Gasteiger partial charge in [0.1, 0.15) is 5.82 Å². The molecular formula is C13H19FN2O2S. The third kappa shape index (κ3) is 2.90. The summed E-state index contributed by atoms with van der Waals surface area (Å²) in [6, 6.07) is 3.58. The minimum atomic E-state index is -3.59. The number of nitrogens with zero attached hydrogens (tertiary/aromatic N) is 1. The summed E-state index contributed by atoms with van der Waals surface area (Å²) in [6.07, 6.45) is 5.03. The van der Waals surface area contributed by atoms with Crippen LogP contribution in [0.15, 0.2) is 23.1 Å². The van der Waals surface area contributed by atoms with Crippen molar-refractivity contribution in [1.82, 2.24) is 4.31 Å². The predicted molar refractivity (Wildman–Crippen MR) is 72.6 cm³/mol. The van der Waals surface area contributed by atoms with E-state index in [9.17, 15) is 12.8 Å². The van der Waals surface area contributed by atoms with E-state index in [1.54, 1.807) is 7.05 Å². The van der Waals surface area contributed by atoms with E-state index in [0.717, 1.165) is 38.2 Å². The molecule has 1 aliphatic carbocycles. The third-order valence-electron chi connectivity index (χ3n) is 3.73. The van der Waals surface area contributed by atoms with Crippen LogP contribution >= 0.6 is 0 Å². The van der Waals surface area contributed by atoms with E-state index in [1.807, 2.05) is 0 Å². The third-order valence-corrected chi connectivity index (χ3v) is 5.64. The van der Waals surface area contributed by atoms with Crippen LogP contribution in [0.5, 0.6) is 0 Å². The summed E-state index contributed by atoms with van der Waals surface area (Å²) in [5.74, 6) is -0.598. The second kappa shape index (κ2) is 5.46. The van der Waals surface area contributed by atoms with Crippen LogP contribution in [-0.2, 0) is 10.0 Å². The normalized spacial score (nSPS) is 17.8. The average Bonchev–Trinajstić information content (AvgIpc) is 2.41. The molecule has 0 unspecified atom stereocenters. The predicted octanol–water partition coefficient (Wildman–Crippen LogP) is 2.36. The molecule has 106 valence electrons. The van der Waals surface area contributed by atoms with Crippen molar-refractivity contribution in [3.63, 3.8) is 0 Å². The first kappa shape index (κ1) is 14.3. The SMILES string of the molecule is CN(C1CCCCC1)S(=O)(=O)c1ccc(F)c(N)c1. The van der Waals surface area contributed by atoms with E-state index >= 15 is 0 Å². The summed E-state index contributed by atoms with van der Waals surface area (Å²) in [7, 11) is -2.00.